The minimum Gasteiger partial charge on any atom is -0.497 e. The Morgan fingerprint density at radius 2 is 1.75 bits per heavy atom. The number of amides is 1. The molecule has 0 fully saturated rings. The summed E-state index contributed by atoms with van der Waals surface area (Å²) < 4.78 is 10.6. The van der Waals surface area contributed by atoms with Crippen molar-refractivity contribution in [2.24, 2.45) is 0 Å². The highest BCUT2D eigenvalue weighted by atomic mass is 16.6. The lowest BCUT2D eigenvalue weighted by Gasteiger charge is -2.15. The molecule has 0 unspecified atom stereocenters. The molecule has 2 aromatic carbocycles. The Morgan fingerprint density at radius 1 is 1.10 bits per heavy atom. The first kappa shape index (κ1) is 14.2. The molecule has 0 aliphatic rings. The summed E-state index contributed by atoms with van der Waals surface area (Å²) in [6, 6.07) is 11.4. The molecule has 4 heteroatoms. The van der Waals surface area contributed by atoms with E-state index >= 15 is 0 Å². The van der Waals surface area contributed by atoms with Crippen LogP contribution in [0.3, 0.4) is 0 Å². The summed E-state index contributed by atoms with van der Waals surface area (Å²) in [5.41, 5.74) is 0. The molecule has 106 valence electrons. The van der Waals surface area contributed by atoms with E-state index < -0.39 is 0 Å². The first-order valence-electron chi connectivity index (χ1n) is 6.64. The van der Waals surface area contributed by atoms with Crippen molar-refractivity contribution in [2.75, 3.05) is 20.7 Å². The van der Waals surface area contributed by atoms with Gasteiger partial charge in [0.25, 0.3) is 0 Å². The van der Waals surface area contributed by atoms with E-state index in [1.807, 2.05) is 37.3 Å². The minimum atomic E-state index is -0.339. The normalized spacial score (nSPS) is 10.3. The Bertz CT molecular complexity index is 610. The van der Waals surface area contributed by atoms with Gasteiger partial charge in [-0.1, -0.05) is 19.1 Å². The smallest absolute Gasteiger partial charge is 0.414 e. The third-order valence-corrected chi connectivity index (χ3v) is 3.09. The zero-order valence-corrected chi connectivity index (χ0v) is 12.1. The van der Waals surface area contributed by atoms with Gasteiger partial charge in [-0.05, 0) is 41.5 Å². The fourth-order valence-corrected chi connectivity index (χ4v) is 2.00. The highest BCUT2D eigenvalue weighted by Gasteiger charge is 2.10. The highest BCUT2D eigenvalue weighted by Crippen LogP contribution is 2.25. The number of ether oxygens (including phenoxy) is 2. The van der Waals surface area contributed by atoms with Gasteiger partial charge in [-0.25, -0.2) is 4.79 Å². The Morgan fingerprint density at radius 3 is 2.40 bits per heavy atom. The van der Waals surface area contributed by atoms with Crippen molar-refractivity contribution in [3.05, 3.63) is 36.4 Å². The van der Waals surface area contributed by atoms with E-state index in [4.69, 9.17) is 9.47 Å². The van der Waals surface area contributed by atoms with Crippen LogP contribution in [0.1, 0.15) is 13.3 Å². The molecule has 0 heterocycles. The van der Waals surface area contributed by atoms with Gasteiger partial charge in [-0.2, -0.15) is 0 Å². The third kappa shape index (κ3) is 3.20. The van der Waals surface area contributed by atoms with Gasteiger partial charge in [-0.3, -0.25) is 0 Å². The van der Waals surface area contributed by atoms with E-state index in [0.717, 1.165) is 22.9 Å². The van der Waals surface area contributed by atoms with Gasteiger partial charge in [0.15, 0.2) is 0 Å². The number of rotatable bonds is 4. The van der Waals surface area contributed by atoms with Crippen LogP contribution in [0.25, 0.3) is 10.8 Å². The van der Waals surface area contributed by atoms with E-state index in [-0.39, 0.29) is 6.09 Å². The van der Waals surface area contributed by atoms with Gasteiger partial charge < -0.3 is 14.4 Å². The highest BCUT2D eigenvalue weighted by molar-refractivity contribution is 5.86. The lowest BCUT2D eigenvalue weighted by Crippen LogP contribution is -2.30. The predicted octanol–water partition coefficient (Wildman–Crippen LogP) is 3.69. The second-order valence-electron chi connectivity index (χ2n) is 4.66. The molecule has 4 nitrogen and oxygen atoms in total. The minimum absolute atomic E-state index is 0.339. The molecule has 0 aromatic heterocycles. The molecular formula is C16H19NO3. The van der Waals surface area contributed by atoms with Crippen molar-refractivity contribution in [1.82, 2.24) is 4.90 Å². The maximum absolute atomic E-state index is 11.8. The van der Waals surface area contributed by atoms with E-state index in [1.165, 1.54) is 0 Å². The number of nitrogens with zero attached hydrogens (tertiary/aromatic N) is 1. The summed E-state index contributed by atoms with van der Waals surface area (Å²) in [5, 5.41) is 2.06. The van der Waals surface area contributed by atoms with Crippen molar-refractivity contribution >= 4 is 16.9 Å². The van der Waals surface area contributed by atoms with E-state index in [0.29, 0.717) is 12.3 Å². The Kier molecular flexibility index (Phi) is 4.45. The van der Waals surface area contributed by atoms with Gasteiger partial charge in [-0.15, -0.1) is 0 Å². The molecular weight excluding hydrogens is 254 g/mol. The number of methoxy groups -OCH3 is 1. The molecule has 2 rings (SSSR count). The lowest BCUT2D eigenvalue weighted by atomic mass is 10.1. The second kappa shape index (κ2) is 6.28. The summed E-state index contributed by atoms with van der Waals surface area (Å²) in [7, 11) is 3.36. The van der Waals surface area contributed by atoms with Crippen molar-refractivity contribution in [1.29, 1.82) is 0 Å². The second-order valence-corrected chi connectivity index (χ2v) is 4.66. The fraction of sp³-hybridized carbons (Fsp3) is 0.312. The number of benzene rings is 2. The van der Waals surface area contributed by atoms with E-state index in [2.05, 4.69) is 0 Å². The van der Waals surface area contributed by atoms with Crippen molar-refractivity contribution in [3.63, 3.8) is 0 Å². The summed E-state index contributed by atoms with van der Waals surface area (Å²) in [6.45, 7) is 2.70. The van der Waals surface area contributed by atoms with Crippen LogP contribution in [-0.4, -0.2) is 31.7 Å². The lowest BCUT2D eigenvalue weighted by molar-refractivity contribution is 0.163. The first-order valence-corrected chi connectivity index (χ1v) is 6.64. The average molecular weight is 273 g/mol. The van der Waals surface area contributed by atoms with Crippen LogP contribution in [0.4, 0.5) is 4.79 Å². The molecule has 20 heavy (non-hydrogen) atoms. The van der Waals surface area contributed by atoms with Gasteiger partial charge in [0.1, 0.15) is 11.5 Å². The molecule has 0 aliphatic heterocycles. The standard InChI is InChI=1S/C16H19NO3/c1-4-9-17(2)16(18)20-15-8-6-12-5-7-14(19-3)10-13(12)11-15/h5-8,10-11H,4,9H2,1-3H3. The van der Waals surface area contributed by atoms with Crippen LogP contribution in [0.5, 0.6) is 11.5 Å². The largest absolute Gasteiger partial charge is 0.497 e. The SMILES string of the molecule is CCCN(C)C(=O)Oc1ccc2ccc(OC)cc2c1. The van der Waals surface area contributed by atoms with Gasteiger partial charge in [0.05, 0.1) is 7.11 Å². The average Bonchev–Trinajstić information content (AvgIpc) is 2.46. The number of carbonyl (C=O) groups is 1. The summed E-state index contributed by atoms with van der Waals surface area (Å²) in [5.74, 6) is 1.32. The molecule has 0 radical (unpaired) electrons. The summed E-state index contributed by atoms with van der Waals surface area (Å²) in [6.07, 6.45) is 0.564. The van der Waals surface area contributed by atoms with Crippen LogP contribution >= 0.6 is 0 Å². The Labute approximate surface area is 118 Å². The zero-order chi connectivity index (χ0) is 14.5. The van der Waals surface area contributed by atoms with Gasteiger partial charge in [0.2, 0.25) is 0 Å². The maximum atomic E-state index is 11.8. The molecule has 1 amide bonds. The molecule has 0 spiro atoms. The van der Waals surface area contributed by atoms with Crippen molar-refractivity contribution in [2.45, 2.75) is 13.3 Å². The van der Waals surface area contributed by atoms with Crippen LogP contribution in [-0.2, 0) is 0 Å². The molecule has 0 saturated carbocycles. The van der Waals surface area contributed by atoms with Crippen LogP contribution in [0, 0.1) is 0 Å². The van der Waals surface area contributed by atoms with Crippen molar-refractivity contribution in [3.8, 4) is 11.5 Å². The number of hydrogen-bond donors (Lipinski definition) is 0. The molecule has 0 N–H and O–H groups in total. The molecule has 0 bridgehead atoms. The molecule has 2 aromatic rings. The summed E-state index contributed by atoms with van der Waals surface area (Å²) >= 11 is 0. The number of hydrogen-bond acceptors (Lipinski definition) is 3. The quantitative estimate of drug-likeness (QED) is 0.852. The van der Waals surface area contributed by atoms with Gasteiger partial charge >= 0.3 is 6.09 Å². The molecule has 0 aliphatic carbocycles. The van der Waals surface area contributed by atoms with Crippen LogP contribution in [0.15, 0.2) is 36.4 Å². The maximum Gasteiger partial charge on any atom is 0.414 e. The van der Waals surface area contributed by atoms with Gasteiger partial charge in [0, 0.05) is 13.6 Å². The summed E-state index contributed by atoms with van der Waals surface area (Å²) in [4.78, 5) is 13.4. The fourth-order valence-electron chi connectivity index (χ4n) is 2.00. The first-order chi connectivity index (χ1) is 9.63. The monoisotopic (exact) mass is 273 g/mol. The van der Waals surface area contributed by atoms with Crippen LogP contribution in [0.2, 0.25) is 0 Å². The topological polar surface area (TPSA) is 38.8 Å². The van der Waals surface area contributed by atoms with E-state index in [9.17, 15) is 4.79 Å². The Balaban J connectivity index is 2.20. The number of carbonyl (C=O) groups excluding carboxylic acids is 1. The number of fused-ring (bicyclic) bond motifs is 1. The zero-order valence-electron chi connectivity index (χ0n) is 12.1. The Hall–Kier alpha value is -2.23. The van der Waals surface area contributed by atoms with Crippen molar-refractivity contribution < 1.29 is 14.3 Å². The van der Waals surface area contributed by atoms with E-state index in [1.54, 1.807) is 25.1 Å². The third-order valence-electron chi connectivity index (χ3n) is 3.09. The molecule has 0 atom stereocenters. The molecule has 0 saturated heterocycles. The predicted molar refractivity (Wildman–Crippen MR) is 79.4 cm³/mol. The van der Waals surface area contributed by atoms with Crippen LogP contribution < -0.4 is 9.47 Å².